The van der Waals surface area contributed by atoms with Gasteiger partial charge in [0.25, 0.3) is 0 Å². The minimum Gasteiger partial charge on any atom is -0.406 e. The number of carbonyl (C=O) groups excluding carboxylic acids is 1. The summed E-state index contributed by atoms with van der Waals surface area (Å²) in [7, 11) is 0. The van der Waals surface area contributed by atoms with E-state index in [-0.39, 0.29) is 18.7 Å². The Morgan fingerprint density at radius 2 is 1.96 bits per heavy atom. The number of hydrogen-bond acceptors (Lipinski definition) is 3. The first-order valence-corrected chi connectivity index (χ1v) is 8.37. The summed E-state index contributed by atoms with van der Waals surface area (Å²) in [5, 5.41) is 14.4. The maximum absolute atomic E-state index is 12.3. The van der Waals surface area contributed by atoms with E-state index in [0.29, 0.717) is 20.7 Å². The molecule has 0 atom stereocenters. The number of ether oxygens (including phenoxy) is 1. The van der Waals surface area contributed by atoms with Crippen LogP contribution in [0.1, 0.15) is 5.56 Å². The van der Waals surface area contributed by atoms with E-state index in [0.717, 1.165) is 12.1 Å². The van der Waals surface area contributed by atoms with Crippen LogP contribution in [-0.4, -0.2) is 24.1 Å². The molecule has 0 unspecified atom stereocenters. The summed E-state index contributed by atoms with van der Waals surface area (Å²) >= 11 is 9.10. The van der Waals surface area contributed by atoms with Gasteiger partial charge in [0.1, 0.15) is 5.75 Å². The van der Waals surface area contributed by atoms with Crippen molar-refractivity contribution in [1.82, 2.24) is 0 Å². The number of alkyl halides is 3. The number of urea groups is 1. The van der Waals surface area contributed by atoms with Gasteiger partial charge in [-0.05, 0) is 36.2 Å². The van der Waals surface area contributed by atoms with Gasteiger partial charge in [-0.1, -0.05) is 33.6 Å². The van der Waals surface area contributed by atoms with E-state index < -0.39 is 18.1 Å². The van der Waals surface area contributed by atoms with Crippen molar-refractivity contribution in [3.05, 3.63) is 51.5 Å². The van der Waals surface area contributed by atoms with Gasteiger partial charge in [-0.3, -0.25) is 0 Å². The summed E-state index contributed by atoms with van der Waals surface area (Å²) in [6.07, 6.45) is -4.62. The minimum atomic E-state index is -4.85. The van der Waals surface area contributed by atoms with Gasteiger partial charge in [0.2, 0.25) is 0 Å². The van der Waals surface area contributed by atoms with Gasteiger partial charge < -0.3 is 20.5 Å². The highest BCUT2D eigenvalue weighted by Crippen LogP contribution is 2.30. The van der Waals surface area contributed by atoms with E-state index in [4.69, 9.17) is 16.7 Å². The maximum atomic E-state index is 12.3. The van der Waals surface area contributed by atoms with Crippen LogP contribution < -0.4 is 15.4 Å². The second-order valence-corrected chi connectivity index (χ2v) is 6.36. The number of halogens is 5. The second kappa shape index (κ2) is 8.61. The lowest BCUT2D eigenvalue weighted by Crippen LogP contribution is -2.21. The van der Waals surface area contributed by atoms with E-state index in [2.05, 4.69) is 31.3 Å². The van der Waals surface area contributed by atoms with Gasteiger partial charge in [-0.25, -0.2) is 4.79 Å². The van der Waals surface area contributed by atoms with Crippen LogP contribution in [-0.2, 0) is 6.42 Å². The normalized spacial score (nSPS) is 11.2. The zero-order chi connectivity index (χ0) is 19.3. The van der Waals surface area contributed by atoms with Crippen molar-refractivity contribution in [2.75, 3.05) is 17.2 Å². The number of rotatable bonds is 5. The van der Waals surface area contributed by atoms with Gasteiger partial charge in [-0.15, -0.1) is 13.2 Å². The van der Waals surface area contributed by atoms with Crippen LogP contribution in [0, 0.1) is 0 Å². The van der Waals surface area contributed by atoms with Crippen molar-refractivity contribution in [3.8, 4) is 5.75 Å². The van der Waals surface area contributed by atoms with Crippen LogP contribution in [0.2, 0.25) is 5.02 Å². The van der Waals surface area contributed by atoms with E-state index in [1.165, 1.54) is 6.07 Å². The quantitative estimate of drug-likeness (QED) is 0.584. The average Bonchev–Trinajstić information content (AvgIpc) is 2.48. The molecule has 0 saturated heterocycles. The summed E-state index contributed by atoms with van der Waals surface area (Å²) in [6.45, 7) is -0.163. The molecule has 2 rings (SSSR count). The van der Waals surface area contributed by atoms with Crippen LogP contribution in [0.4, 0.5) is 29.3 Å². The third-order valence-electron chi connectivity index (χ3n) is 3.09. The molecule has 0 aliphatic rings. The first-order valence-electron chi connectivity index (χ1n) is 7.20. The van der Waals surface area contributed by atoms with Crippen molar-refractivity contribution >= 4 is 44.9 Å². The Balaban J connectivity index is 2.15. The summed E-state index contributed by atoms with van der Waals surface area (Å²) in [5.74, 6) is -0.481. The molecule has 3 N–H and O–H groups in total. The predicted molar refractivity (Wildman–Crippen MR) is 95.7 cm³/mol. The summed E-state index contributed by atoms with van der Waals surface area (Å²) in [6, 6.07) is 7.70. The second-order valence-electron chi connectivity index (χ2n) is 5.04. The van der Waals surface area contributed by atoms with Gasteiger partial charge in [0.15, 0.2) is 0 Å². The van der Waals surface area contributed by atoms with Crippen molar-refractivity contribution < 1.29 is 27.8 Å². The molecule has 0 bridgehead atoms. The van der Waals surface area contributed by atoms with Gasteiger partial charge in [-0.2, -0.15) is 0 Å². The lowest BCUT2D eigenvalue weighted by Gasteiger charge is -2.14. The predicted octanol–water partition coefficient (Wildman–Crippen LogP) is 5.18. The molecule has 2 amide bonds. The van der Waals surface area contributed by atoms with Gasteiger partial charge >= 0.3 is 12.4 Å². The molecule has 0 saturated carbocycles. The SMILES string of the molecule is O=C(Nc1cc(Br)cc(OC(F)(F)F)c1)Nc1cccc(Cl)c1CCO. The van der Waals surface area contributed by atoms with E-state index in [9.17, 15) is 18.0 Å². The van der Waals surface area contributed by atoms with E-state index in [1.807, 2.05) is 0 Å². The van der Waals surface area contributed by atoms with Gasteiger partial charge in [0.05, 0.1) is 0 Å². The fraction of sp³-hybridized carbons (Fsp3) is 0.188. The Labute approximate surface area is 160 Å². The molecule has 0 radical (unpaired) electrons. The Morgan fingerprint density at radius 1 is 1.23 bits per heavy atom. The van der Waals surface area contributed by atoms with E-state index >= 15 is 0 Å². The monoisotopic (exact) mass is 452 g/mol. The first-order chi connectivity index (χ1) is 12.2. The summed E-state index contributed by atoms with van der Waals surface area (Å²) in [4.78, 5) is 12.2. The molecule has 0 spiro atoms. The smallest absolute Gasteiger partial charge is 0.406 e. The van der Waals surface area contributed by atoms with Crippen LogP contribution in [0.5, 0.6) is 5.75 Å². The average molecular weight is 454 g/mol. The van der Waals surface area contributed by atoms with Crippen molar-refractivity contribution in [2.45, 2.75) is 12.8 Å². The fourth-order valence-corrected chi connectivity index (χ4v) is 2.90. The molecule has 0 aromatic heterocycles. The highest BCUT2D eigenvalue weighted by Gasteiger charge is 2.31. The number of benzene rings is 2. The zero-order valence-electron chi connectivity index (χ0n) is 13.0. The number of anilines is 2. The Hall–Kier alpha value is -1.97. The lowest BCUT2D eigenvalue weighted by atomic mass is 10.1. The Kier molecular flexibility index (Phi) is 6.74. The number of amides is 2. The molecule has 140 valence electrons. The standard InChI is InChI=1S/C16H13BrClF3N2O3/c17-9-6-10(8-11(7-9)26-16(19,20)21)22-15(25)23-14-3-1-2-13(18)12(14)4-5-24/h1-3,6-8,24H,4-5H2,(H2,22,23,25). The molecule has 0 aliphatic carbocycles. The number of aliphatic hydroxyl groups excluding tert-OH is 1. The molecular formula is C16H13BrClF3N2O3. The number of aliphatic hydroxyl groups is 1. The minimum absolute atomic E-state index is 0.0851. The number of nitrogens with one attached hydrogen (secondary N) is 2. The molecule has 0 fully saturated rings. The van der Waals surface area contributed by atoms with E-state index in [1.54, 1.807) is 18.2 Å². The number of carbonyl (C=O) groups is 1. The van der Waals surface area contributed by atoms with Crippen LogP contribution in [0.15, 0.2) is 40.9 Å². The highest BCUT2D eigenvalue weighted by molar-refractivity contribution is 9.10. The van der Waals surface area contributed by atoms with Crippen LogP contribution in [0.25, 0.3) is 0 Å². The zero-order valence-corrected chi connectivity index (χ0v) is 15.4. The number of hydrogen-bond donors (Lipinski definition) is 3. The Bertz CT molecular complexity index is 803. The fourth-order valence-electron chi connectivity index (χ4n) is 2.15. The third kappa shape index (κ3) is 6.08. The van der Waals surface area contributed by atoms with Crippen LogP contribution >= 0.6 is 27.5 Å². The van der Waals surface area contributed by atoms with Crippen molar-refractivity contribution in [2.24, 2.45) is 0 Å². The third-order valence-corrected chi connectivity index (χ3v) is 3.90. The molecule has 0 aliphatic heterocycles. The highest BCUT2D eigenvalue weighted by atomic mass is 79.9. The molecule has 26 heavy (non-hydrogen) atoms. The first kappa shape index (κ1) is 20.3. The Morgan fingerprint density at radius 3 is 2.62 bits per heavy atom. The maximum Gasteiger partial charge on any atom is 0.573 e. The molecule has 0 heterocycles. The molecule has 2 aromatic carbocycles. The summed E-state index contributed by atoms with van der Waals surface area (Å²) < 4.78 is 41.2. The molecular weight excluding hydrogens is 441 g/mol. The molecule has 2 aromatic rings. The van der Waals surface area contributed by atoms with Crippen molar-refractivity contribution in [1.29, 1.82) is 0 Å². The lowest BCUT2D eigenvalue weighted by molar-refractivity contribution is -0.274. The van der Waals surface area contributed by atoms with Crippen molar-refractivity contribution in [3.63, 3.8) is 0 Å². The molecule has 5 nitrogen and oxygen atoms in total. The topological polar surface area (TPSA) is 70.6 Å². The summed E-state index contributed by atoms with van der Waals surface area (Å²) in [5.41, 5.74) is 1.01. The van der Waals surface area contributed by atoms with Crippen LogP contribution in [0.3, 0.4) is 0 Å². The van der Waals surface area contributed by atoms with Gasteiger partial charge in [0, 0.05) is 33.5 Å². The largest absolute Gasteiger partial charge is 0.573 e. The molecule has 10 heteroatoms.